The van der Waals surface area contributed by atoms with Gasteiger partial charge in [-0.2, -0.15) is 0 Å². The summed E-state index contributed by atoms with van der Waals surface area (Å²) in [5.74, 6) is 0. The topological polar surface area (TPSA) is 60.2 Å². The Kier molecular flexibility index (Phi) is 2.87. The van der Waals surface area contributed by atoms with E-state index in [4.69, 9.17) is 5.14 Å². The number of halogens is 1. The van der Waals surface area contributed by atoms with Crippen molar-refractivity contribution in [3.05, 3.63) is 33.8 Å². The van der Waals surface area contributed by atoms with E-state index >= 15 is 0 Å². The summed E-state index contributed by atoms with van der Waals surface area (Å²) in [7, 11) is -3.39. The number of aryl methyl sites for hydroxylation is 1. The van der Waals surface area contributed by atoms with Gasteiger partial charge in [0.15, 0.2) is 0 Å². The lowest BCUT2D eigenvalue weighted by Crippen LogP contribution is -2.33. The zero-order chi connectivity index (χ0) is 11.1. The van der Waals surface area contributed by atoms with Crippen LogP contribution in [-0.2, 0) is 22.9 Å². The fourth-order valence-electron chi connectivity index (χ4n) is 1.97. The first-order valence-electron chi connectivity index (χ1n) is 4.76. The molecule has 15 heavy (non-hydrogen) atoms. The predicted octanol–water partition coefficient (Wildman–Crippen LogP) is 1.59. The highest BCUT2D eigenvalue weighted by Crippen LogP contribution is 2.26. The molecule has 1 aromatic rings. The number of sulfonamides is 1. The number of hydrogen-bond acceptors (Lipinski definition) is 2. The summed E-state index contributed by atoms with van der Waals surface area (Å²) < 4.78 is 23.5. The number of benzene rings is 1. The van der Waals surface area contributed by atoms with Crippen molar-refractivity contribution in [2.75, 3.05) is 0 Å². The molecule has 1 aliphatic carbocycles. The molecular formula is C10H12BrNO2S. The first-order chi connectivity index (χ1) is 6.97. The van der Waals surface area contributed by atoms with Gasteiger partial charge in [-0.1, -0.05) is 22.0 Å². The Morgan fingerprint density at radius 2 is 2.07 bits per heavy atom. The molecule has 2 rings (SSSR count). The van der Waals surface area contributed by atoms with Gasteiger partial charge in [-0.3, -0.25) is 0 Å². The van der Waals surface area contributed by atoms with Crippen molar-refractivity contribution in [3.8, 4) is 0 Å². The summed E-state index contributed by atoms with van der Waals surface area (Å²) in [6.07, 6.45) is 1.96. The van der Waals surface area contributed by atoms with E-state index in [0.717, 1.165) is 16.5 Å². The molecule has 0 radical (unpaired) electrons. The highest BCUT2D eigenvalue weighted by atomic mass is 79.9. The van der Waals surface area contributed by atoms with Crippen molar-refractivity contribution in [1.82, 2.24) is 0 Å². The molecule has 3 nitrogen and oxygen atoms in total. The maximum absolute atomic E-state index is 11.2. The number of nitrogens with two attached hydrogens (primary N) is 1. The standard InChI is InChI=1S/C10H12BrNO2S/c11-9-3-1-8-6-10(15(12,13)14)4-2-7(8)5-9/h1,3,5,10H,2,4,6H2,(H2,12,13,14). The Labute approximate surface area is 97.9 Å². The Balaban J connectivity index is 2.32. The molecule has 0 saturated carbocycles. The number of hydrogen-bond donors (Lipinski definition) is 1. The van der Waals surface area contributed by atoms with Crippen LogP contribution in [0.3, 0.4) is 0 Å². The maximum Gasteiger partial charge on any atom is 0.212 e. The van der Waals surface area contributed by atoms with Crippen molar-refractivity contribution in [2.45, 2.75) is 24.5 Å². The van der Waals surface area contributed by atoms with Gasteiger partial charge in [0.1, 0.15) is 0 Å². The molecular weight excluding hydrogens is 278 g/mol. The summed E-state index contributed by atoms with van der Waals surface area (Å²) in [5.41, 5.74) is 2.33. The van der Waals surface area contributed by atoms with Crippen molar-refractivity contribution in [2.24, 2.45) is 5.14 Å². The van der Waals surface area contributed by atoms with Gasteiger partial charge in [-0.05, 0) is 42.5 Å². The van der Waals surface area contributed by atoms with E-state index in [-0.39, 0.29) is 0 Å². The lowest BCUT2D eigenvalue weighted by Gasteiger charge is -2.22. The molecule has 0 amide bonds. The molecule has 0 heterocycles. The molecule has 2 N–H and O–H groups in total. The summed E-state index contributed by atoms with van der Waals surface area (Å²) in [4.78, 5) is 0. The van der Waals surface area contributed by atoms with Gasteiger partial charge in [0.05, 0.1) is 5.25 Å². The Morgan fingerprint density at radius 3 is 2.73 bits per heavy atom. The monoisotopic (exact) mass is 289 g/mol. The molecule has 0 saturated heterocycles. The normalized spacial score (nSPS) is 21.1. The average Bonchev–Trinajstić information content (AvgIpc) is 2.15. The third-order valence-corrected chi connectivity index (χ3v) is 4.64. The fourth-order valence-corrected chi connectivity index (χ4v) is 3.24. The second-order valence-electron chi connectivity index (χ2n) is 3.87. The SMILES string of the molecule is NS(=O)(=O)C1CCc2cc(Br)ccc2C1. The van der Waals surface area contributed by atoms with Gasteiger partial charge in [0, 0.05) is 4.47 Å². The molecule has 82 valence electrons. The van der Waals surface area contributed by atoms with Crippen LogP contribution in [0.1, 0.15) is 17.5 Å². The second kappa shape index (κ2) is 3.88. The zero-order valence-corrected chi connectivity index (χ0v) is 10.5. The number of rotatable bonds is 1. The van der Waals surface area contributed by atoms with Gasteiger partial charge >= 0.3 is 0 Å². The molecule has 0 fully saturated rings. The largest absolute Gasteiger partial charge is 0.228 e. The minimum atomic E-state index is -3.39. The molecule has 0 spiro atoms. The fraction of sp³-hybridized carbons (Fsp3) is 0.400. The van der Waals surface area contributed by atoms with E-state index in [9.17, 15) is 8.42 Å². The van der Waals surface area contributed by atoms with Crippen molar-refractivity contribution >= 4 is 26.0 Å². The third kappa shape index (κ3) is 2.41. The highest BCUT2D eigenvalue weighted by Gasteiger charge is 2.26. The van der Waals surface area contributed by atoms with Gasteiger partial charge in [0.25, 0.3) is 0 Å². The van der Waals surface area contributed by atoms with Crippen LogP contribution in [0.15, 0.2) is 22.7 Å². The molecule has 5 heteroatoms. The summed E-state index contributed by atoms with van der Waals surface area (Å²) in [6, 6.07) is 5.95. The van der Waals surface area contributed by atoms with Crippen LogP contribution in [0.25, 0.3) is 0 Å². The Hall–Kier alpha value is -0.390. The summed E-state index contributed by atoms with van der Waals surface area (Å²) in [6.45, 7) is 0. The van der Waals surface area contributed by atoms with Crippen LogP contribution < -0.4 is 5.14 Å². The average molecular weight is 290 g/mol. The van der Waals surface area contributed by atoms with Crippen LogP contribution in [0, 0.1) is 0 Å². The first kappa shape index (κ1) is 11.1. The van der Waals surface area contributed by atoms with E-state index in [1.165, 1.54) is 5.56 Å². The van der Waals surface area contributed by atoms with E-state index < -0.39 is 15.3 Å². The molecule has 1 unspecified atom stereocenters. The molecule has 0 aromatic heterocycles. The van der Waals surface area contributed by atoms with Crippen LogP contribution in [-0.4, -0.2) is 13.7 Å². The van der Waals surface area contributed by atoms with E-state index in [1.54, 1.807) is 0 Å². The highest BCUT2D eigenvalue weighted by molar-refractivity contribution is 9.10. The lowest BCUT2D eigenvalue weighted by molar-refractivity contribution is 0.563. The van der Waals surface area contributed by atoms with Crippen molar-refractivity contribution in [1.29, 1.82) is 0 Å². The Bertz CT molecular complexity index is 484. The van der Waals surface area contributed by atoms with E-state index in [1.807, 2.05) is 12.1 Å². The minimum Gasteiger partial charge on any atom is -0.228 e. The van der Waals surface area contributed by atoms with Crippen LogP contribution in [0.4, 0.5) is 0 Å². The van der Waals surface area contributed by atoms with Crippen LogP contribution >= 0.6 is 15.9 Å². The van der Waals surface area contributed by atoms with Gasteiger partial charge in [-0.15, -0.1) is 0 Å². The van der Waals surface area contributed by atoms with Crippen LogP contribution in [0.2, 0.25) is 0 Å². The third-order valence-electron chi connectivity index (χ3n) is 2.82. The Morgan fingerprint density at radius 1 is 1.33 bits per heavy atom. The number of fused-ring (bicyclic) bond motifs is 1. The van der Waals surface area contributed by atoms with Crippen molar-refractivity contribution < 1.29 is 8.42 Å². The van der Waals surface area contributed by atoms with Gasteiger partial charge in [0.2, 0.25) is 10.0 Å². The van der Waals surface area contributed by atoms with Crippen molar-refractivity contribution in [3.63, 3.8) is 0 Å². The lowest BCUT2D eigenvalue weighted by atomic mass is 9.91. The second-order valence-corrected chi connectivity index (χ2v) is 6.63. The zero-order valence-electron chi connectivity index (χ0n) is 8.11. The smallest absolute Gasteiger partial charge is 0.212 e. The molecule has 0 aliphatic heterocycles. The minimum absolute atomic E-state index is 0.411. The first-order valence-corrected chi connectivity index (χ1v) is 7.16. The molecule has 1 aromatic carbocycles. The van der Waals surface area contributed by atoms with E-state index in [2.05, 4.69) is 22.0 Å². The molecule has 0 bridgehead atoms. The maximum atomic E-state index is 11.2. The summed E-state index contributed by atoms with van der Waals surface area (Å²) in [5, 5.41) is 4.75. The van der Waals surface area contributed by atoms with Crippen LogP contribution in [0.5, 0.6) is 0 Å². The van der Waals surface area contributed by atoms with Gasteiger partial charge in [-0.25, -0.2) is 13.6 Å². The quantitative estimate of drug-likeness (QED) is 0.854. The summed E-state index contributed by atoms with van der Waals surface area (Å²) >= 11 is 3.40. The molecule has 1 aliphatic rings. The predicted molar refractivity (Wildman–Crippen MR) is 63.1 cm³/mol. The van der Waals surface area contributed by atoms with Gasteiger partial charge < -0.3 is 0 Å². The van der Waals surface area contributed by atoms with E-state index in [0.29, 0.717) is 12.8 Å². The number of primary sulfonamides is 1. The molecule has 1 atom stereocenters.